The van der Waals surface area contributed by atoms with Gasteiger partial charge in [0.15, 0.2) is 0 Å². The van der Waals surface area contributed by atoms with Crippen molar-refractivity contribution in [2.24, 2.45) is 0 Å². The van der Waals surface area contributed by atoms with Crippen LogP contribution in [0.5, 0.6) is 0 Å². The maximum atomic E-state index is 3.64. The predicted octanol–water partition coefficient (Wildman–Crippen LogP) is 2.64. The van der Waals surface area contributed by atoms with E-state index in [1.807, 2.05) is 0 Å². The minimum atomic E-state index is 0.303. The van der Waals surface area contributed by atoms with E-state index < -0.39 is 0 Å². The van der Waals surface area contributed by atoms with Crippen LogP contribution in [-0.4, -0.2) is 36.1 Å². The maximum absolute atomic E-state index is 3.64. The second-order valence-electron chi connectivity index (χ2n) is 5.50. The Balaban J connectivity index is 2.41. The van der Waals surface area contributed by atoms with Crippen LogP contribution >= 0.6 is 0 Å². The van der Waals surface area contributed by atoms with E-state index in [4.69, 9.17) is 0 Å². The molecule has 0 bridgehead atoms. The zero-order chi connectivity index (χ0) is 11.3. The van der Waals surface area contributed by atoms with Crippen molar-refractivity contribution in [3.63, 3.8) is 0 Å². The van der Waals surface area contributed by atoms with Gasteiger partial charge in [-0.25, -0.2) is 0 Å². The Labute approximate surface area is 95.4 Å². The maximum Gasteiger partial charge on any atom is 0.0252 e. The molecule has 1 rings (SSSR count). The molecule has 0 radical (unpaired) electrons. The highest BCUT2D eigenvalue weighted by Gasteiger charge is 2.30. The Morgan fingerprint density at radius 2 is 2.00 bits per heavy atom. The van der Waals surface area contributed by atoms with Gasteiger partial charge in [-0.3, -0.25) is 4.90 Å². The second-order valence-corrected chi connectivity index (χ2v) is 5.50. The van der Waals surface area contributed by atoms with E-state index >= 15 is 0 Å². The van der Waals surface area contributed by atoms with Crippen LogP contribution in [0.3, 0.4) is 0 Å². The molecule has 0 saturated carbocycles. The summed E-state index contributed by atoms with van der Waals surface area (Å²) >= 11 is 0. The minimum Gasteiger partial charge on any atom is -0.309 e. The number of nitrogens with one attached hydrogen (secondary N) is 1. The highest BCUT2D eigenvalue weighted by molar-refractivity contribution is 4.91. The van der Waals surface area contributed by atoms with Gasteiger partial charge in [0.1, 0.15) is 0 Å². The fourth-order valence-corrected chi connectivity index (χ4v) is 2.44. The quantitative estimate of drug-likeness (QED) is 0.705. The molecular formula is C13H28N2. The van der Waals surface area contributed by atoms with Crippen molar-refractivity contribution in [2.75, 3.05) is 19.6 Å². The molecule has 0 aromatic carbocycles. The minimum absolute atomic E-state index is 0.303. The molecule has 1 unspecified atom stereocenters. The molecule has 2 heteroatoms. The number of nitrogens with zero attached hydrogens (tertiary/aromatic N) is 1. The molecule has 0 aliphatic carbocycles. The molecule has 0 amide bonds. The average Bonchev–Trinajstić information content (AvgIpc) is 2.17. The fraction of sp³-hybridized carbons (Fsp3) is 1.00. The molecule has 1 atom stereocenters. The lowest BCUT2D eigenvalue weighted by Crippen LogP contribution is -2.61. The summed E-state index contributed by atoms with van der Waals surface area (Å²) in [5.74, 6) is 0. The van der Waals surface area contributed by atoms with Gasteiger partial charge in [-0.2, -0.15) is 0 Å². The van der Waals surface area contributed by atoms with E-state index in [9.17, 15) is 0 Å². The zero-order valence-corrected chi connectivity index (χ0v) is 11.0. The lowest BCUT2D eigenvalue weighted by atomic mass is 9.97. The molecule has 1 saturated heterocycles. The molecule has 1 aliphatic heterocycles. The zero-order valence-electron chi connectivity index (χ0n) is 11.0. The van der Waals surface area contributed by atoms with Gasteiger partial charge in [0.2, 0.25) is 0 Å². The number of piperazine rings is 1. The van der Waals surface area contributed by atoms with Gasteiger partial charge in [-0.05, 0) is 33.2 Å². The Morgan fingerprint density at radius 1 is 1.27 bits per heavy atom. The van der Waals surface area contributed by atoms with E-state index in [2.05, 4.69) is 37.9 Å². The summed E-state index contributed by atoms with van der Waals surface area (Å²) in [5, 5.41) is 3.64. The fourth-order valence-electron chi connectivity index (χ4n) is 2.44. The molecule has 0 spiro atoms. The summed E-state index contributed by atoms with van der Waals surface area (Å²) in [6, 6.07) is 0.759. The van der Waals surface area contributed by atoms with Gasteiger partial charge in [0.25, 0.3) is 0 Å². The largest absolute Gasteiger partial charge is 0.309 e. The van der Waals surface area contributed by atoms with Crippen LogP contribution in [0.15, 0.2) is 0 Å². The Bertz CT molecular complexity index is 177. The highest BCUT2D eigenvalue weighted by atomic mass is 15.2. The van der Waals surface area contributed by atoms with Crippen LogP contribution in [0.4, 0.5) is 0 Å². The average molecular weight is 212 g/mol. The normalized spacial score (nSPS) is 26.8. The van der Waals surface area contributed by atoms with E-state index in [1.165, 1.54) is 38.8 Å². The summed E-state index contributed by atoms with van der Waals surface area (Å²) in [6.07, 6.45) is 5.34. The van der Waals surface area contributed by atoms with Crippen LogP contribution in [0.25, 0.3) is 0 Å². The number of hydrogen-bond acceptors (Lipinski definition) is 2. The molecule has 1 N–H and O–H groups in total. The van der Waals surface area contributed by atoms with Crippen molar-refractivity contribution in [1.29, 1.82) is 0 Å². The summed E-state index contributed by atoms with van der Waals surface area (Å²) in [7, 11) is 0. The van der Waals surface area contributed by atoms with Crippen LogP contribution in [0.2, 0.25) is 0 Å². The van der Waals surface area contributed by atoms with E-state index in [0.29, 0.717) is 5.54 Å². The second kappa shape index (κ2) is 5.86. The smallest absolute Gasteiger partial charge is 0.0252 e. The summed E-state index contributed by atoms with van der Waals surface area (Å²) in [4.78, 5) is 2.69. The molecule has 1 fully saturated rings. The third kappa shape index (κ3) is 4.12. The van der Waals surface area contributed by atoms with Crippen LogP contribution in [0, 0.1) is 0 Å². The number of rotatable bonds is 5. The standard InChI is InChI=1S/C13H28N2/c1-5-7-8-9-15-11-13(3,4)14-10-12(15)6-2/h12,14H,5-11H2,1-4H3. The van der Waals surface area contributed by atoms with Gasteiger partial charge < -0.3 is 5.32 Å². The van der Waals surface area contributed by atoms with Crippen molar-refractivity contribution in [2.45, 2.75) is 65.0 Å². The van der Waals surface area contributed by atoms with E-state index in [-0.39, 0.29) is 0 Å². The predicted molar refractivity (Wildman–Crippen MR) is 67.3 cm³/mol. The van der Waals surface area contributed by atoms with Gasteiger partial charge >= 0.3 is 0 Å². The number of unbranched alkanes of at least 4 members (excludes halogenated alkanes) is 2. The number of hydrogen-bond donors (Lipinski definition) is 1. The van der Waals surface area contributed by atoms with Crippen molar-refractivity contribution in [3.05, 3.63) is 0 Å². The molecule has 0 aromatic heterocycles. The molecule has 1 aliphatic rings. The molecule has 1 heterocycles. The molecule has 0 aromatic rings. The monoisotopic (exact) mass is 212 g/mol. The lowest BCUT2D eigenvalue weighted by molar-refractivity contribution is 0.0910. The van der Waals surface area contributed by atoms with Crippen molar-refractivity contribution in [1.82, 2.24) is 10.2 Å². The van der Waals surface area contributed by atoms with Crippen molar-refractivity contribution < 1.29 is 0 Å². The lowest BCUT2D eigenvalue weighted by Gasteiger charge is -2.44. The first-order valence-corrected chi connectivity index (χ1v) is 6.58. The summed E-state index contributed by atoms with van der Waals surface area (Å²) in [5.41, 5.74) is 0.303. The molecule has 15 heavy (non-hydrogen) atoms. The van der Waals surface area contributed by atoms with Gasteiger partial charge in [-0.15, -0.1) is 0 Å². The first-order chi connectivity index (χ1) is 7.09. The first kappa shape index (κ1) is 13.0. The van der Waals surface area contributed by atoms with Crippen LogP contribution in [0.1, 0.15) is 53.4 Å². The van der Waals surface area contributed by atoms with Crippen LogP contribution < -0.4 is 5.32 Å². The Morgan fingerprint density at radius 3 is 2.60 bits per heavy atom. The highest BCUT2D eigenvalue weighted by Crippen LogP contribution is 2.17. The van der Waals surface area contributed by atoms with E-state index in [0.717, 1.165) is 12.6 Å². The van der Waals surface area contributed by atoms with Crippen molar-refractivity contribution >= 4 is 0 Å². The SMILES string of the molecule is CCCCCN1CC(C)(C)NCC1CC. The van der Waals surface area contributed by atoms with Crippen LogP contribution in [-0.2, 0) is 0 Å². The molecule has 2 nitrogen and oxygen atoms in total. The van der Waals surface area contributed by atoms with Crippen molar-refractivity contribution in [3.8, 4) is 0 Å². The van der Waals surface area contributed by atoms with Gasteiger partial charge in [-0.1, -0.05) is 26.7 Å². The molecule has 90 valence electrons. The first-order valence-electron chi connectivity index (χ1n) is 6.58. The molecular weight excluding hydrogens is 184 g/mol. The summed E-state index contributed by atoms with van der Waals surface area (Å²) < 4.78 is 0. The van der Waals surface area contributed by atoms with Gasteiger partial charge in [0, 0.05) is 24.7 Å². The van der Waals surface area contributed by atoms with Gasteiger partial charge in [0.05, 0.1) is 0 Å². The third-order valence-corrected chi connectivity index (χ3v) is 3.45. The topological polar surface area (TPSA) is 15.3 Å². The summed E-state index contributed by atoms with van der Waals surface area (Å²) in [6.45, 7) is 12.9. The third-order valence-electron chi connectivity index (χ3n) is 3.45. The van der Waals surface area contributed by atoms with E-state index in [1.54, 1.807) is 0 Å². The Hall–Kier alpha value is -0.0800. The Kier molecular flexibility index (Phi) is 5.07.